The molecule has 0 aliphatic heterocycles. The number of carbonyl (C=O) groups excluding carboxylic acids is 2. The second kappa shape index (κ2) is 10.3. The summed E-state index contributed by atoms with van der Waals surface area (Å²) in [5, 5.41) is -0.328. The number of amides is 1. The van der Waals surface area contributed by atoms with Crippen LogP contribution in [0, 0.1) is 0 Å². The van der Waals surface area contributed by atoms with Gasteiger partial charge < -0.3 is 14.2 Å². The lowest BCUT2D eigenvalue weighted by molar-refractivity contribution is -0.150. The van der Waals surface area contributed by atoms with Gasteiger partial charge in [-0.15, -0.1) is 0 Å². The molecular formula is C20H19ClF3NO7S. The van der Waals surface area contributed by atoms with E-state index in [-0.39, 0.29) is 34.4 Å². The second-order valence-electron chi connectivity index (χ2n) is 6.62. The minimum Gasteiger partial charge on any atom is -0.478 e. The standard InChI is InChI=1S/C20H19ClF3NO7S/c1-4-30-19(27)11(2)31-17-10-13(6-7-14(17)18(26)25-33(3,28)29)32-16-8-5-12(9-15(16)21)20(22,23)24/h5-11H,4H2,1-3H3,(H,25,26). The zero-order chi connectivity index (χ0) is 25.0. The highest BCUT2D eigenvalue weighted by atomic mass is 35.5. The Hall–Kier alpha value is -2.99. The molecule has 8 nitrogen and oxygen atoms in total. The van der Waals surface area contributed by atoms with Crippen molar-refractivity contribution >= 4 is 33.5 Å². The Kier molecular flexibility index (Phi) is 8.20. The number of benzene rings is 2. The topological polar surface area (TPSA) is 108 Å². The van der Waals surface area contributed by atoms with E-state index in [0.717, 1.165) is 30.5 Å². The van der Waals surface area contributed by atoms with Crippen LogP contribution >= 0.6 is 11.6 Å². The van der Waals surface area contributed by atoms with E-state index in [0.29, 0.717) is 6.07 Å². The lowest BCUT2D eigenvalue weighted by Crippen LogP contribution is -2.31. The SMILES string of the molecule is CCOC(=O)C(C)Oc1cc(Oc2ccc(C(F)(F)F)cc2Cl)ccc1C(=O)NS(C)(=O)=O. The number of ether oxygens (including phenoxy) is 3. The van der Waals surface area contributed by atoms with Gasteiger partial charge in [0.1, 0.15) is 17.2 Å². The molecule has 33 heavy (non-hydrogen) atoms. The van der Waals surface area contributed by atoms with E-state index in [1.165, 1.54) is 13.0 Å². The Morgan fingerprint density at radius 1 is 1.12 bits per heavy atom. The van der Waals surface area contributed by atoms with Gasteiger partial charge in [0.2, 0.25) is 10.0 Å². The van der Waals surface area contributed by atoms with Crippen molar-refractivity contribution in [3.63, 3.8) is 0 Å². The van der Waals surface area contributed by atoms with Crippen molar-refractivity contribution in [1.82, 2.24) is 4.72 Å². The number of rotatable bonds is 8. The van der Waals surface area contributed by atoms with Gasteiger partial charge in [-0.1, -0.05) is 11.6 Å². The molecule has 2 aromatic carbocycles. The first kappa shape index (κ1) is 26.3. The summed E-state index contributed by atoms with van der Waals surface area (Å²) in [6, 6.07) is 6.02. The zero-order valence-corrected chi connectivity index (χ0v) is 19.1. The molecule has 0 heterocycles. The fraction of sp³-hybridized carbons (Fsp3) is 0.300. The molecule has 2 rings (SSSR count). The Morgan fingerprint density at radius 3 is 2.33 bits per heavy atom. The molecule has 2 aromatic rings. The molecule has 1 amide bonds. The van der Waals surface area contributed by atoms with Crippen molar-refractivity contribution in [2.75, 3.05) is 12.9 Å². The Morgan fingerprint density at radius 2 is 1.79 bits per heavy atom. The van der Waals surface area contributed by atoms with Gasteiger partial charge in [-0.2, -0.15) is 13.2 Å². The highest BCUT2D eigenvalue weighted by Crippen LogP contribution is 2.37. The summed E-state index contributed by atoms with van der Waals surface area (Å²) in [4.78, 5) is 24.3. The van der Waals surface area contributed by atoms with E-state index in [4.69, 9.17) is 25.8 Å². The van der Waals surface area contributed by atoms with Crippen molar-refractivity contribution in [1.29, 1.82) is 0 Å². The summed E-state index contributed by atoms with van der Waals surface area (Å²) in [6.07, 6.45) is -5.00. The van der Waals surface area contributed by atoms with E-state index in [1.807, 2.05) is 0 Å². The summed E-state index contributed by atoms with van der Waals surface area (Å²) in [7, 11) is -3.91. The molecule has 180 valence electrons. The van der Waals surface area contributed by atoms with Crippen molar-refractivity contribution in [2.45, 2.75) is 26.1 Å². The third-order valence-corrected chi connectivity index (χ3v) is 4.74. The van der Waals surface area contributed by atoms with Crippen LogP contribution in [-0.4, -0.2) is 39.3 Å². The number of nitrogens with one attached hydrogen (secondary N) is 1. The number of carbonyl (C=O) groups is 2. The molecule has 13 heteroatoms. The molecular weight excluding hydrogens is 491 g/mol. The Balaban J connectivity index is 2.41. The van der Waals surface area contributed by atoms with Crippen molar-refractivity contribution in [3.05, 3.63) is 52.5 Å². The molecule has 0 radical (unpaired) electrons. The Bertz CT molecular complexity index is 1150. The predicted octanol–water partition coefficient (Wildman–Crippen LogP) is 4.17. The van der Waals surface area contributed by atoms with E-state index < -0.39 is 39.7 Å². The van der Waals surface area contributed by atoms with E-state index >= 15 is 0 Å². The fourth-order valence-electron chi connectivity index (χ4n) is 2.46. The zero-order valence-electron chi connectivity index (χ0n) is 17.5. The number of hydrogen-bond acceptors (Lipinski definition) is 7. The number of hydrogen-bond donors (Lipinski definition) is 1. The molecule has 1 N–H and O–H groups in total. The smallest absolute Gasteiger partial charge is 0.416 e. The monoisotopic (exact) mass is 509 g/mol. The maximum Gasteiger partial charge on any atom is 0.416 e. The normalized spacial score (nSPS) is 12.6. The number of sulfonamides is 1. The number of alkyl halides is 3. The first-order chi connectivity index (χ1) is 15.2. The lowest BCUT2D eigenvalue weighted by atomic mass is 10.1. The van der Waals surface area contributed by atoms with Crippen LogP contribution in [0.3, 0.4) is 0 Å². The lowest BCUT2D eigenvalue weighted by Gasteiger charge is -2.17. The van der Waals surface area contributed by atoms with Crippen molar-refractivity contribution < 1.29 is 45.4 Å². The first-order valence-electron chi connectivity index (χ1n) is 9.25. The van der Waals surface area contributed by atoms with E-state index in [9.17, 15) is 31.2 Å². The fourth-order valence-corrected chi connectivity index (χ4v) is 3.13. The average Bonchev–Trinajstić information content (AvgIpc) is 2.67. The van der Waals surface area contributed by atoms with Crippen LogP contribution in [0.5, 0.6) is 17.2 Å². The highest BCUT2D eigenvalue weighted by Gasteiger charge is 2.31. The van der Waals surface area contributed by atoms with Crippen LogP contribution in [0.1, 0.15) is 29.8 Å². The largest absolute Gasteiger partial charge is 0.478 e. The number of esters is 1. The third-order valence-electron chi connectivity index (χ3n) is 3.89. The maximum absolute atomic E-state index is 12.8. The molecule has 0 bridgehead atoms. The van der Waals surface area contributed by atoms with Gasteiger partial charge in [0.15, 0.2) is 6.10 Å². The van der Waals surface area contributed by atoms with Gasteiger partial charge in [-0.25, -0.2) is 17.9 Å². The molecule has 0 saturated carbocycles. The van der Waals surface area contributed by atoms with E-state index in [2.05, 4.69) is 0 Å². The third kappa shape index (κ3) is 7.53. The van der Waals surface area contributed by atoms with Gasteiger partial charge in [0, 0.05) is 6.07 Å². The van der Waals surface area contributed by atoms with E-state index in [1.54, 1.807) is 11.6 Å². The van der Waals surface area contributed by atoms with Crippen LogP contribution in [0.4, 0.5) is 13.2 Å². The summed E-state index contributed by atoms with van der Waals surface area (Å²) < 4.78 is 78.9. The van der Waals surface area contributed by atoms with Gasteiger partial charge in [0.25, 0.3) is 5.91 Å². The molecule has 1 atom stereocenters. The molecule has 0 spiro atoms. The van der Waals surface area contributed by atoms with Gasteiger partial charge in [-0.3, -0.25) is 4.79 Å². The molecule has 0 fully saturated rings. The maximum atomic E-state index is 12.8. The summed E-state index contributed by atoms with van der Waals surface area (Å²) in [5.74, 6) is -2.16. The average molecular weight is 510 g/mol. The van der Waals surface area contributed by atoms with Gasteiger partial charge in [0.05, 0.1) is 29.0 Å². The van der Waals surface area contributed by atoms with Crippen LogP contribution < -0.4 is 14.2 Å². The molecule has 0 saturated heterocycles. The summed E-state index contributed by atoms with van der Waals surface area (Å²) >= 11 is 5.89. The van der Waals surface area contributed by atoms with Crippen molar-refractivity contribution in [3.8, 4) is 17.2 Å². The van der Waals surface area contributed by atoms with Gasteiger partial charge >= 0.3 is 12.1 Å². The highest BCUT2D eigenvalue weighted by molar-refractivity contribution is 7.89. The van der Waals surface area contributed by atoms with Crippen LogP contribution in [-0.2, 0) is 25.7 Å². The minimum absolute atomic E-state index is 0.0152. The van der Waals surface area contributed by atoms with Crippen LogP contribution in [0.25, 0.3) is 0 Å². The van der Waals surface area contributed by atoms with Gasteiger partial charge in [-0.05, 0) is 44.2 Å². The molecule has 0 aliphatic rings. The predicted molar refractivity (Wildman–Crippen MR) is 112 cm³/mol. The van der Waals surface area contributed by atoms with Crippen LogP contribution in [0.15, 0.2) is 36.4 Å². The second-order valence-corrected chi connectivity index (χ2v) is 8.77. The summed E-state index contributed by atoms with van der Waals surface area (Å²) in [5.41, 5.74) is -1.22. The van der Waals surface area contributed by atoms with Crippen molar-refractivity contribution in [2.24, 2.45) is 0 Å². The summed E-state index contributed by atoms with van der Waals surface area (Å²) in [6.45, 7) is 3.00. The Labute approximate surface area is 192 Å². The molecule has 1 unspecified atom stereocenters. The van der Waals surface area contributed by atoms with Crippen LogP contribution in [0.2, 0.25) is 5.02 Å². The molecule has 0 aliphatic carbocycles. The molecule has 0 aromatic heterocycles. The minimum atomic E-state index is -4.60. The quantitative estimate of drug-likeness (QED) is 0.532. The first-order valence-corrected chi connectivity index (χ1v) is 11.5. The number of halogens is 4.